The third kappa shape index (κ3) is 3.30. The van der Waals surface area contributed by atoms with E-state index in [-0.39, 0.29) is 21.6 Å². The van der Waals surface area contributed by atoms with Crippen LogP contribution < -0.4 is 5.32 Å². The van der Waals surface area contributed by atoms with Crippen molar-refractivity contribution in [3.05, 3.63) is 57.8 Å². The van der Waals surface area contributed by atoms with E-state index in [1.54, 1.807) is 6.07 Å². The minimum absolute atomic E-state index is 0.0346. The zero-order valence-electron chi connectivity index (χ0n) is 11.7. The van der Waals surface area contributed by atoms with E-state index in [1.165, 1.54) is 18.2 Å². The summed E-state index contributed by atoms with van der Waals surface area (Å²) in [6, 6.07) is 6.67. The summed E-state index contributed by atoms with van der Waals surface area (Å²) in [6.07, 6.45) is 0. The monoisotopic (exact) mass is 357 g/mol. The van der Waals surface area contributed by atoms with Crippen LogP contribution >= 0.6 is 15.9 Å². The second-order valence-electron chi connectivity index (χ2n) is 4.74. The molecule has 0 heterocycles. The van der Waals surface area contributed by atoms with E-state index in [1.807, 2.05) is 13.8 Å². The Bertz CT molecular complexity index is 658. The smallest absolute Gasteiger partial charge is 0.148 e. The summed E-state index contributed by atoms with van der Waals surface area (Å²) in [6.45, 7) is 4.61. The van der Waals surface area contributed by atoms with Crippen molar-refractivity contribution in [2.75, 3.05) is 6.54 Å². The Morgan fingerprint density at radius 1 is 1.10 bits per heavy atom. The van der Waals surface area contributed by atoms with Gasteiger partial charge in [0.1, 0.15) is 17.5 Å². The van der Waals surface area contributed by atoms with Crippen LogP contribution in [0.3, 0.4) is 0 Å². The zero-order chi connectivity index (χ0) is 15.6. The van der Waals surface area contributed by atoms with E-state index in [9.17, 15) is 13.2 Å². The molecule has 2 aromatic rings. The highest BCUT2D eigenvalue weighted by molar-refractivity contribution is 9.10. The first-order chi connectivity index (χ1) is 9.95. The molecule has 0 saturated carbocycles. The predicted octanol–water partition coefficient (Wildman–Crippen LogP) is 5.20. The first kappa shape index (κ1) is 16.0. The van der Waals surface area contributed by atoms with Crippen molar-refractivity contribution >= 4 is 15.9 Å². The van der Waals surface area contributed by atoms with Gasteiger partial charge in [-0.05, 0) is 59.2 Å². The molecule has 0 fully saturated rings. The molecule has 0 bridgehead atoms. The van der Waals surface area contributed by atoms with Gasteiger partial charge in [0.25, 0.3) is 0 Å². The Kier molecular flexibility index (Phi) is 5.06. The van der Waals surface area contributed by atoms with Gasteiger partial charge in [-0.2, -0.15) is 0 Å². The highest BCUT2D eigenvalue weighted by Crippen LogP contribution is 2.33. The molecular formula is C16H15BrF3N. The van der Waals surface area contributed by atoms with E-state index in [4.69, 9.17) is 0 Å². The number of rotatable bonds is 4. The fourth-order valence-electron chi connectivity index (χ4n) is 2.20. The number of nitrogens with one attached hydrogen (secondary N) is 1. The highest BCUT2D eigenvalue weighted by Gasteiger charge is 2.19. The number of hydrogen-bond donors (Lipinski definition) is 1. The van der Waals surface area contributed by atoms with Crippen molar-refractivity contribution in [2.45, 2.75) is 19.9 Å². The molecule has 0 aliphatic rings. The minimum Gasteiger partial charge on any atom is -0.310 e. The van der Waals surface area contributed by atoms with E-state index in [0.717, 1.165) is 18.2 Å². The molecule has 112 valence electrons. The molecule has 2 rings (SSSR count). The third-order valence-electron chi connectivity index (χ3n) is 3.31. The highest BCUT2D eigenvalue weighted by atomic mass is 79.9. The molecule has 0 amide bonds. The second kappa shape index (κ2) is 6.62. The lowest BCUT2D eigenvalue weighted by Gasteiger charge is -2.15. The van der Waals surface area contributed by atoms with Gasteiger partial charge in [0, 0.05) is 11.6 Å². The van der Waals surface area contributed by atoms with Crippen LogP contribution in [0.5, 0.6) is 0 Å². The van der Waals surface area contributed by atoms with Crippen LogP contribution in [0.1, 0.15) is 25.5 Å². The lowest BCUT2D eigenvalue weighted by molar-refractivity contribution is 0.575. The quantitative estimate of drug-likeness (QED) is 0.741. The first-order valence-electron chi connectivity index (χ1n) is 6.62. The van der Waals surface area contributed by atoms with Crippen LogP contribution in [-0.4, -0.2) is 6.54 Å². The molecule has 0 aliphatic carbocycles. The lowest BCUT2D eigenvalue weighted by Crippen LogP contribution is -2.17. The van der Waals surface area contributed by atoms with Crippen molar-refractivity contribution < 1.29 is 13.2 Å². The number of halogens is 4. The van der Waals surface area contributed by atoms with E-state index >= 15 is 0 Å². The average Bonchev–Trinajstić information content (AvgIpc) is 2.45. The van der Waals surface area contributed by atoms with Gasteiger partial charge in [0.2, 0.25) is 0 Å². The molecule has 0 aromatic heterocycles. The van der Waals surface area contributed by atoms with Crippen LogP contribution in [-0.2, 0) is 0 Å². The maximum Gasteiger partial charge on any atom is 0.148 e. The topological polar surface area (TPSA) is 12.0 Å². The minimum atomic E-state index is -0.804. The Morgan fingerprint density at radius 3 is 2.43 bits per heavy atom. The fourth-order valence-corrected chi connectivity index (χ4v) is 2.53. The van der Waals surface area contributed by atoms with Gasteiger partial charge in [-0.15, -0.1) is 0 Å². The van der Waals surface area contributed by atoms with Crippen LogP contribution in [0.2, 0.25) is 0 Å². The van der Waals surface area contributed by atoms with E-state index in [2.05, 4.69) is 21.2 Å². The molecule has 1 unspecified atom stereocenters. The Balaban J connectivity index is 2.59. The van der Waals surface area contributed by atoms with Gasteiger partial charge >= 0.3 is 0 Å². The summed E-state index contributed by atoms with van der Waals surface area (Å²) in [5, 5.41) is 3.18. The van der Waals surface area contributed by atoms with Crippen molar-refractivity contribution in [1.29, 1.82) is 0 Å². The number of hydrogen-bond acceptors (Lipinski definition) is 1. The van der Waals surface area contributed by atoms with Crippen molar-refractivity contribution in [3.8, 4) is 11.1 Å². The maximum absolute atomic E-state index is 14.1. The summed E-state index contributed by atoms with van der Waals surface area (Å²) in [5.41, 5.74) is 0.341. The predicted molar refractivity (Wildman–Crippen MR) is 81.5 cm³/mol. The summed E-state index contributed by atoms with van der Waals surface area (Å²) >= 11 is 3.00. The zero-order valence-corrected chi connectivity index (χ0v) is 13.3. The summed E-state index contributed by atoms with van der Waals surface area (Å²) in [5.74, 6) is -2.25. The fraction of sp³-hybridized carbons (Fsp3) is 0.250. The molecule has 0 aliphatic heterocycles. The first-order valence-corrected chi connectivity index (χ1v) is 7.41. The SMILES string of the molecule is CCNC(C)c1ccc(F)c(-c2c(F)ccc(Br)c2F)c1. The molecule has 0 spiro atoms. The Morgan fingerprint density at radius 2 is 1.76 bits per heavy atom. The van der Waals surface area contributed by atoms with Gasteiger partial charge in [0.15, 0.2) is 0 Å². The van der Waals surface area contributed by atoms with Gasteiger partial charge < -0.3 is 5.32 Å². The molecule has 1 nitrogen and oxygen atoms in total. The van der Waals surface area contributed by atoms with Gasteiger partial charge in [0.05, 0.1) is 10.0 Å². The van der Waals surface area contributed by atoms with Gasteiger partial charge in [-0.25, -0.2) is 13.2 Å². The average molecular weight is 358 g/mol. The molecule has 0 saturated heterocycles. The Labute approximate surface area is 130 Å². The van der Waals surface area contributed by atoms with Crippen LogP contribution in [0.25, 0.3) is 11.1 Å². The van der Waals surface area contributed by atoms with Crippen LogP contribution in [0.4, 0.5) is 13.2 Å². The lowest BCUT2D eigenvalue weighted by atomic mass is 9.98. The molecule has 5 heteroatoms. The Hall–Kier alpha value is -1.33. The molecule has 2 aromatic carbocycles. The van der Waals surface area contributed by atoms with Gasteiger partial charge in [-0.1, -0.05) is 13.0 Å². The molecular weight excluding hydrogens is 343 g/mol. The van der Waals surface area contributed by atoms with Crippen molar-refractivity contribution in [2.24, 2.45) is 0 Å². The molecule has 1 atom stereocenters. The summed E-state index contributed by atoms with van der Waals surface area (Å²) in [4.78, 5) is 0. The maximum atomic E-state index is 14.1. The third-order valence-corrected chi connectivity index (χ3v) is 3.93. The summed E-state index contributed by atoms with van der Waals surface area (Å²) in [7, 11) is 0. The van der Waals surface area contributed by atoms with E-state index in [0.29, 0.717) is 0 Å². The molecule has 1 N–H and O–H groups in total. The van der Waals surface area contributed by atoms with Crippen LogP contribution in [0.15, 0.2) is 34.8 Å². The molecule has 0 radical (unpaired) electrons. The summed E-state index contributed by atoms with van der Waals surface area (Å²) < 4.78 is 42.2. The largest absolute Gasteiger partial charge is 0.310 e. The molecule has 21 heavy (non-hydrogen) atoms. The van der Waals surface area contributed by atoms with E-state index < -0.39 is 17.5 Å². The standard InChI is InChI=1S/C16H15BrF3N/c1-3-21-9(2)10-4-6-13(18)11(8-10)15-14(19)7-5-12(17)16(15)20/h4-9,21H,3H2,1-2H3. The van der Waals surface area contributed by atoms with Gasteiger partial charge in [-0.3, -0.25) is 0 Å². The normalized spacial score (nSPS) is 12.5. The second-order valence-corrected chi connectivity index (χ2v) is 5.59. The van der Waals surface area contributed by atoms with Crippen molar-refractivity contribution in [3.63, 3.8) is 0 Å². The van der Waals surface area contributed by atoms with Crippen LogP contribution in [0, 0.1) is 17.5 Å². The number of benzene rings is 2. The van der Waals surface area contributed by atoms with Crippen molar-refractivity contribution in [1.82, 2.24) is 5.32 Å².